The third-order valence-electron chi connectivity index (χ3n) is 12.7. The van der Waals surface area contributed by atoms with Gasteiger partial charge in [-0.2, -0.15) is 0 Å². The minimum absolute atomic E-state index is 0. The Morgan fingerprint density at radius 2 is 0.523 bits per heavy atom. The summed E-state index contributed by atoms with van der Waals surface area (Å²) in [6.07, 6.45) is 26.9. The molecule has 12 nitrogen and oxygen atoms in total. The first-order valence-electron chi connectivity index (χ1n) is 25.7. The topological polar surface area (TPSA) is 217 Å². The number of rotatable bonds is 39. The minimum atomic E-state index is -4.92. The largest absolute Gasteiger partial charge is 3.00 e. The van der Waals surface area contributed by atoms with Gasteiger partial charge in [-0.3, -0.25) is 0 Å². The van der Waals surface area contributed by atoms with Crippen LogP contribution in [0.4, 0.5) is 0 Å². The SMILES string of the molecule is CCCCCCC(C)C(OP(=O)([O-])[O-])C(CC)CCCC.CCCCCCC(C)C(OP(=O)([O-])[O-])C(CC)CCCC.CCCCCCC(C)C(OP(=O)([O-])[O-])C(CC)CCCC.[Cr+3].[Cr+3]. The molecule has 0 saturated heterocycles. The molecule has 0 spiro atoms. The molecule has 9 unspecified atom stereocenters. The smallest absolute Gasteiger partial charge is 0.790 e. The average Bonchev–Trinajstić information content (AvgIpc) is 3.21. The number of phosphoric ester groups is 3. The second-order valence-electron chi connectivity index (χ2n) is 18.5. The molecule has 0 bridgehead atoms. The van der Waals surface area contributed by atoms with Gasteiger partial charge in [0, 0.05) is 0 Å². The van der Waals surface area contributed by atoms with E-state index in [2.05, 4.69) is 41.5 Å². The Morgan fingerprint density at radius 3 is 0.677 bits per heavy atom. The van der Waals surface area contributed by atoms with Crippen LogP contribution in [0.25, 0.3) is 0 Å². The van der Waals surface area contributed by atoms with E-state index in [4.69, 9.17) is 13.6 Å². The summed E-state index contributed by atoms with van der Waals surface area (Å²) in [4.78, 5) is 66.4. The Labute approximate surface area is 422 Å². The van der Waals surface area contributed by atoms with Gasteiger partial charge in [0.05, 0.1) is 41.8 Å². The van der Waals surface area contributed by atoms with Crippen LogP contribution >= 0.6 is 23.5 Å². The monoisotopic (exact) mass is 1060 g/mol. The molecule has 9 atom stereocenters. The first-order chi connectivity index (χ1) is 29.6. The van der Waals surface area contributed by atoms with Crippen molar-refractivity contribution in [3.63, 3.8) is 0 Å². The van der Waals surface area contributed by atoms with Gasteiger partial charge in [-0.1, -0.05) is 218 Å². The van der Waals surface area contributed by atoms with Gasteiger partial charge in [0.2, 0.25) is 0 Å². The van der Waals surface area contributed by atoms with Crippen LogP contribution in [0.15, 0.2) is 0 Å². The van der Waals surface area contributed by atoms with Gasteiger partial charge in [0.1, 0.15) is 0 Å². The molecule has 0 saturated carbocycles. The van der Waals surface area contributed by atoms with Crippen molar-refractivity contribution in [3.05, 3.63) is 0 Å². The zero-order chi connectivity index (χ0) is 48.9. The maximum atomic E-state index is 11.1. The van der Waals surface area contributed by atoms with Gasteiger partial charge < -0.3 is 56.6 Å². The average molecular weight is 1070 g/mol. The summed E-state index contributed by atoms with van der Waals surface area (Å²) in [5.74, 6) is 0.798. The Balaban J connectivity index is -0.000000273. The Morgan fingerprint density at radius 1 is 0.323 bits per heavy atom. The summed E-state index contributed by atoms with van der Waals surface area (Å²) in [6.45, 7) is 25.0. The molecule has 0 aromatic carbocycles. The molecule has 65 heavy (non-hydrogen) atoms. The normalized spacial score (nSPS) is 16.2. The van der Waals surface area contributed by atoms with Crippen LogP contribution < -0.4 is 29.4 Å². The fraction of sp³-hybridized carbons (Fsp3) is 1.00. The molecule has 0 amide bonds. The van der Waals surface area contributed by atoms with E-state index >= 15 is 0 Å². The van der Waals surface area contributed by atoms with Gasteiger partial charge >= 0.3 is 34.7 Å². The number of hydrogen-bond donors (Lipinski definition) is 0. The first-order valence-corrected chi connectivity index (χ1v) is 30.1. The molecule has 0 aromatic heterocycles. The van der Waals surface area contributed by atoms with Crippen molar-refractivity contribution in [2.75, 3.05) is 0 Å². The van der Waals surface area contributed by atoms with E-state index in [1.54, 1.807) is 0 Å². The van der Waals surface area contributed by atoms with E-state index in [-0.39, 0.29) is 70.2 Å². The summed E-state index contributed by atoms with van der Waals surface area (Å²) in [6, 6.07) is 0. The predicted molar refractivity (Wildman–Crippen MR) is 251 cm³/mol. The maximum Gasteiger partial charge on any atom is 3.00 e. The third-order valence-corrected chi connectivity index (χ3v) is 14.2. The second kappa shape index (κ2) is 46.5. The molecule has 0 aliphatic carbocycles. The first kappa shape index (κ1) is 75.3. The molecular weight excluding hydrogens is 965 g/mol. The van der Waals surface area contributed by atoms with Crippen molar-refractivity contribution in [1.82, 2.24) is 0 Å². The molecule has 0 rings (SSSR count). The van der Waals surface area contributed by atoms with E-state index in [1.807, 2.05) is 41.5 Å². The molecule has 0 aliphatic heterocycles. The third kappa shape index (κ3) is 45.0. The van der Waals surface area contributed by atoms with Gasteiger partial charge in [0.15, 0.2) is 0 Å². The van der Waals surface area contributed by atoms with E-state index in [0.29, 0.717) is 0 Å². The molecule has 0 fully saturated rings. The standard InChI is InChI=1S/3C16H35O4P.2Cr/c3*1-5-8-10-11-12-14(4)16(20-21(17,18)19)15(7-3)13-9-6-2;;/h3*14-16H,5-13H2,1-4H3,(H2,17,18,19);;/q;;;2*+3/p-6. The van der Waals surface area contributed by atoms with E-state index in [0.717, 1.165) is 135 Å². The quantitative estimate of drug-likeness (QED) is 0.0415. The summed E-state index contributed by atoms with van der Waals surface area (Å²) in [5, 5.41) is 0. The zero-order valence-corrected chi connectivity index (χ0v) is 48.6. The second-order valence-corrected chi connectivity index (χ2v) is 21.8. The van der Waals surface area contributed by atoms with Gasteiger partial charge in [-0.25, -0.2) is 0 Å². The zero-order valence-electron chi connectivity index (χ0n) is 43.3. The number of unbranched alkanes of at least 4 members (excludes halogenated alkanes) is 12. The van der Waals surface area contributed by atoms with Crippen molar-refractivity contribution < 1.29 is 91.3 Å². The Bertz CT molecular complexity index is 1020. The predicted octanol–water partition coefficient (Wildman–Crippen LogP) is 12.1. The minimum Gasteiger partial charge on any atom is -0.790 e. The molecule has 2 radical (unpaired) electrons. The molecule has 0 heterocycles. The van der Waals surface area contributed by atoms with E-state index < -0.39 is 41.8 Å². The fourth-order valence-electron chi connectivity index (χ4n) is 8.78. The van der Waals surface area contributed by atoms with Crippen LogP contribution in [0, 0.1) is 35.5 Å². The van der Waals surface area contributed by atoms with Crippen molar-refractivity contribution in [3.8, 4) is 0 Å². The van der Waals surface area contributed by atoms with Crippen LogP contribution in [0.3, 0.4) is 0 Å². The van der Waals surface area contributed by atoms with Crippen LogP contribution in [0.1, 0.15) is 256 Å². The van der Waals surface area contributed by atoms with Crippen LogP contribution in [-0.4, -0.2) is 18.3 Å². The summed E-state index contributed by atoms with van der Waals surface area (Å²) in [5.41, 5.74) is 0. The molecule has 17 heteroatoms. The van der Waals surface area contributed by atoms with E-state index in [9.17, 15) is 43.1 Å². The van der Waals surface area contributed by atoms with Crippen LogP contribution in [-0.2, 0) is 62.0 Å². The molecule has 390 valence electrons. The van der Waals surface area contributed by atoms with Gasteiger partial charge in [0.25, 0.3) is 0 Å². The number of hydrogen-bond acceptors (Lipinski definition) is 12. The fourth-order valence-corrected chi connectivity index (χ4v) is 10.8. The van der Waals surface area contributed by atoms with Crippen LogP contribution in [0.5, 0.6) is 0 Å². The van der Waals surface area contributed by atoms with Crippen molar-refractivity contribution in [2.24, 2.45) is 35.5 Å². The number of phosphoric acid groups is 3. The van der Waals surface area contributed by atoms with Crippen molar-refractivity contribution in [1.29, 1.82) is 0 Å². The maximum absolute atomic E-state index is 11.1. The van der Waals surface area contributed by atoms with Crippen molar-refractivity contribution >= 4 is 23.5 Å². The van der Waals surface area contributed by atoms with Crippen LogP contribution in [0.2, 0.25) is 0 Å². The molecule has 0 N–H and O–H groups in total. The summed E-state index contributed by atoms with van der Waals surface area (Å²) >= 11 is 0. The molecular formula is C48H99Cr2O12P3. The van der Waals surface area contributed by atoms with Gasteiger partial charge in [-0.15, -0.1) is 0 Å². The van der Waals surface area contributed by atoms with Gasteiger partial charge in [-0.05, 0) is 74.0 Å². The van der Waals surface area contributed by atoms with E-state index in [1.165, 1.54) is 38.5 Å². The molecule has 0 aromatic rings. The van der Waals surface area contributed by atoms with Crippen molar-refractivity contribution in [2.45, 2.75) is 275 Å². The Hall–Kier alpha value is 1.39. The summed E-state index contributed by atoms with van der Waals surface area (Å²) in [7, 11) is -14.8. The molecule has 0 aliphatic rings. The Kier molecular flexibility index (Phi) is 53.8. The summed E-state index contributed by atoms with van der Waals surface area (Å²) < 4.78 is 48.1.